The summed E-state index contributed by atoms with van der Waals surface area (Å²) in [5.74, 6) is -1.12. The molecule has 0 heterocycles. The van der Waals surface area contributed by atoms with Crippen molar-refractivity contribution in [3.05, 3.63) is 32.8 Å². The minimum absolute atomic E-state index is 0.0101. The zero-order chi connectivity index (χ0) is 10.0. The molecular weight excluding hydrogens is 257 g/mol. The number of aromatic carboxylic acids is 1. The second kappa shape index (κ2) is 3.77. The van der Waals surface area contributed by atoms with E-state index in [2.05, 4.69) is 15.9 Å². The molecule has 13 heavy (non-hydrogen) atoms. The SMILES string of the molecule is N#Cc1cc(Cl)c(Br)c(C(=O)O)c1. The molecule has 3 nitrogen and oxygen atoms in total. The molecule has 0 saturated carbocycles. The predicted octanol–water partition coefficient (Wildman–Crippen LogP) is 2.67. The largest absolute Gasteiger partial charge is 0.478 e. The molecule has 0 fully saturated rings. The van der Waals surface area contributed by atoms with Crippen LogP contribution >= 0.6 is 27.5 Å². The Kier molecular flexibility index (Phi) is 2.91. The molecule has 1 N–H and O–H groups in total. The molecule has 0 aliphatic carbocycles. The van der Waals surface area contributed by atoms with E-state index in [-0.39, 0.29) is 16.1 Å². The molecule has 66 valence electrons. The van der Waals surface area contributed by atoms with Crippen LogP contribution in [0.2, 0.25) is 5.02 Å². The minimum Gasteiger partial charge on any atom is -0.478 e. The van der Waals surface area contributed by atoms with E-state index in [1.807, 2.05) is 6.07 Å². The van der Waals surface area contributed by atoms with Crippen LogP contribution in [-0.4, -0.2) is 11.1 Å². The van der Waals surface area contributed by atoms with Crippen molar-refractivity contribution in [2.24, 2.45) is 0 Å². The molecule has 0 bridgehead atoms. The van der Waals surface area contributed by atoms with Crippen molar-refractivity contribution < 1.29 is 9.90 Å². The summed E-state index contributed by atoms with van der Waals surface area (Å²) >= 11 is 8.70. The smallest absolute Gasteiger partial charge is 0.336 e. The molecule has 1 rings (SSSR count). The van der Waals surface area contributed by atoms with Gasteiger partial charge in [0.2, 0.25) is 0 Å². The van der Waals surface area contributed by atoms with Crippen LogP contribution in [0.5, 0.6) is 0 Å². The van der Waals surface area contributed by atoms with E-state index in [1.54, 1.807) is 0 Å². The molecule has 0 spiro atoms. The molecule has 0 aliphatic heterocycles. The van der Waals surface area contributed by atoms with Gasteiger partial charge in [0.1, 0.15) is 0 Å². The van der Waals surface area contributed by atoms with E-state index in [1.165, 1.54) is 12.1 Å². The number of hydrogen-bond acceptors (Lipinski definition) is 2. The van der Waals surface area contributed by atoms with Crippen LogP contribution in [0.4, 0.5) is 0 Å². The normalized spacial score (nSPS) is 9.31. The lowest BCUT2D eigenvalue weighted by molar-refractivity contribution is 0.0696. The lowest BCUT2D eigenvalue weighted by Gasteiger charge is -2.01. The fourth-order valence-electron chi connectivity index (χ4n) is 0.809. The predicted molar refractivity (Wildman–Crippen MR) is 50.8 cm³/mol. The van der Waals surface area contributed by atoms with Gasteiger partial charge in [-0.25, -0.2) is 4.79 Å². The maximum absolute atomic E-state index is 10.6. The van der Waals surface area contributed by atoms with Crippen LogP contribution < -0.4 is 0 Å². The lowest BCUT2D eigenvalue weighted by Crippen LogP contribution is -1.98. The van der Waals surface area contributed by atoms with E-state index in [9.17, 15) is 4.79 Å². The standard InChI is InChI=1S/C8H3BrClNO2/c9-7-5(8(12)13)1-4(3-11)2-6(7)10/h1-2H,(H,12,13). The third-order valence-corrected chi connectivity index (χ3v) is 2.77. The molecule has 0 aliphatic rings. The highest BCUT2D eigenvalue weighted by molar-refractivity contribution is 9.10. The second-order valence-corrected chi connectivity index (χ2v) is 3.44. The number of benzene rings is 1. The summed E-state index contributed by atoms with van der Waals surface area (Å²) in [6.45, 7) is 0. The van der Waals surface area contributed by atoms with Gasteiger partial charge in [-0.3, -0.25) is 0 Å². The zero-order valence-electron chi connectivity index (χ0n) is 6.21. The number of hydrogen-bond donors (Lipinski definition) is 1. The van der Waals surface area contributed by atoms with Gasteiger partial charge in [0.15, 0.2) is 0 Å². The fraction of sp³-hybridized carbons (Fsp3) is 0. The molecule has 0 unspecified atom stereocenters. The first-order valence-corrected chi connectivity index (χ1v) is 4.35. The molecule has 0 amide bonds. The van der Waals surface area contributed by atoms with Gasteiger partial charge in [0, 0.05) is 0 Å². The van der Waals surface area contributed by atoms with E-state index in [0.717, 1.165) is 0 Å². The molecule has 0 radical (unpaired) electrons. The van der Waals surface area contributed by atoms with Crippen molar-refractivity contribution in [3.63, 3.8) is 0 Å². The van der Waals surface area contributed by atoms with Crippen molar-refractivity contribution >= 4 is 33.5 Å². The van der Waals surface area contributed by atoms with Crippen LogP contribution in [0.15, 0.2) is 16.6 Å². The number of nitriles is 1. The first kappa shape index (κ1) is 10.0. The Morgan fingerprint density at radius 2 is 2.23 bits per heavy atom. The van der Waals surface area contributed by atoms with E-state index in [4.69, 9.17) is 22.0 Å². The Balaban J connectivity index is 3.44. The van der Waals surface area contributed by atoms with E-state index >= 15 is 0 Å². The van der Waals surface area contributed by atoms with Crippen LogP contribution in [0.1, 0.15) is 15.9 Å². The Bertz CT molecular complexity index is 411. The second-order valence-electron chi connectivity index (χ2n) is 2.24. The van der Waals surface area contributed by atoms with Crippen molar-refractivity contribution in [3.8, 4) is 6.07 Å². The maximum Gasteiger partial charge on any atom is 0.336 e. The highest BCUT2D eigenvalue weighted by Gasteiger charge is 2.12. The zero-order valence-corrected chi connectivity index (χ0v) is 8.56. The van der Waals surface area contributed by atoms with E-state index < -0.39 is 5.97 Å². The van der Waals surface area contributed by atoms with Crippen LogP contribution in [0.25, 0.3) is 0 Å². The Morgan fingerprint density at radius 3 is 2.69 bits per heavy atom. The third-order valence-electron chi connectivity index (χ3n) is 1.39. The first-order valence-electron chi connectivity index (χ1n) is 3.18. The van der Waals surface area contributed by atoms with Gasteiger partial charge >= 0.3 is 5.97 Å². The van der Waals surface area contributed by atoms with Gasteiger partial charge in [0.25, 0.3) is 0 Å². The van der Waals surface area contributed by atoms with Gasteiger partial charge in [0.05, 0.1) is 26.7 Å². The van der Waals surface area contributed by atoms with E-state index in [0.29, 0.717) is 4.47 Å². The number of carbonyl (C=O) groups is 1. The minimum atomic E-state index is -1.12. The summed E-state index contributed by atoms with van der Waals surface area (Å²) in [6.07, 6.45) is 0. The van der Waals surface area contributed by atoms with Gasteiger partial charge in [-0.15, -0.1) is 0 Å². The maximum atomic E-state index is 10.6. The van der Waals surface area contributed by atoms with Crippen LogP contribution in [0.3, 0.4) is 0 Å². The summed E-state index contributed by atoms with van der Waals surface area (Å²) in [6, 6.07) is 4.48. The van der Waals surface area contributed by atoms with Crippen molar-refractivity contribution in [2.75, 3.05) is 0 Å². The summed E-state index contributed by atoms with van der Waals surface area (Å²) in [7, 11) is 0. The number of carboxylic acid groups (broad SMARTS) is 1. The van der Waals surface area contributed by atoms with Crippen LogP contribution in [0, 0.1) is 11.3 Å². The number of rotatable bonds is 1. The monoisotopic (exact) mass is 259 g/mol. The highest BCUT2D eigenvalue weighted by atomic mass is 79.9. The lowest BCUT2D eigenvalue weighted by atomic mass is 10.1. The summed E-state index contributed by atoms with van der Waals surface area (Å²) in [5, 5.41) is 17.5. The van der Waals surface area contributed by atoms with Gasteiger partial charge in [-0.05, 0) is 28.1 Å². The third kappa shape index (κ3) is 2.00. The highest BCUT2D eigenvalue weighted by Crippen LogP contribution is 2.27. The fourth-order valence-corrected chi connectivity index (χ4v) is 1.43. The quantitative estimate of drug-likeness (QED) is 0.844. The van der Waals surface area contributed by atoms with Gasteiger partial charge in [-0.1, -0.05) is 11.6 Å². The van der Waals surface area contributed by atoms with Crippen molar-refractivity contribution in [1.82, 2.24) is 0 Å². The Hall–Kier alpha value is -1.05. The molecule has 1 aromatic carbocycles. The molecule has 0 atom stereocenters. The molecule has 1 aromatic rings. The summed E-state index contributed by atoms with van der Waals surface area (Å²) in [5.41, 5.74) is 0.217. The van der Waals surface area contributed by atoms with Crippen molar-refractivity contribution in [2.45, 2.75) is 0 Å². The molecule has 0 saturated heterocycles. The average molecular weight is 260 g/mol. The van der Waals surface area contributed by atoms with Crippen molar-refractivity contribution in [1.29, 1.82) is 5.26 Å². The topological polar surface area (TPSA) is 61.1 Å². The Labute approximate surface area is 87.7 Å². The molecular formula is C8H3BrClNO2. The van der Waals surface area contributed by atoms with Gasteiger partial charge < -0.3 is 5.11 Å². The summed E-state index contributed by atoms with van der Waals surface area (Å²) in [4.78, 5) is 10.6. The average Bonchev–Trinajstić information content (AvgIpc) is 2.09. The molecule has 5 heteroatoms. The number of carboxylic acids is 1. The molecule has 0 aromatic heterocycles. The van der Waals surface area contributed by atoms with Gasteiger partial charge in [-0.2, -0.15) is 5.26 Å². The van der Waals surface area contributed by atoms with Crippen LogP contribution in [-0.2, 0) is 0 Å². The number of halogens is 2. The Morgan fingerprint density at radius 1 is 1.62 bits per heavy atom. The summed E-state index contributed by atoms with van der Waals surface area (Å²) < 4.78 is 0.292. The number of nitrogens with zero attached hydrogens (tertiary/aromatic N) is 1. The first-order chi connectivity index (χ1) is 6.06.